The Kier molecular flexibility index (Phi) is 7.96. The number of hydrogen-bond acceptors (Lipinski definition) is 3. The molecule has 0 aromatic heterocycles. The fraction of sp³-hybridized carbons (Fsp3) is 0.529. The fourth-order valence-electron chi connectivity index (χ4n) is 2.11. The molecule has 0 bridgehead atoms. The summed E-state index contributed by atoms with van der Waals surface area (Å²) in [5.74, 6) is 0.0900. The van der Waals surface area contributed by atoms with Gasteiger partial charge in [0.05, 0.1) is 19.4 Å². The predicted molar refractivity (Wildman–Crippen MR) is 87.8 cm³/mol. The third kappa shape index (κ3) is 6.94. The Balaban J connectivity index is 2.63. The quantitative estimate of drug-likeness (QED) is 0.689. The first kappa shape index (κ1) is 18.5. The number of esters is 1. The fourth-order valence-corrected chi connectivity index (χ4v) is 2.23. The number of rotatable bonds is 8. The smallest absolute Gasteiger partial charge is 0.307 e. The summed E-state index contributed by atoms with van der Waals surface area (Å²) in [5, 5.41) is 0.651. The van der Waals surface area contributed by atoms with E-state index >= 15 is 0 Å². The minimum Gasteiger partial charge on any atom is -0.466 e. The summed E-state index contributed by atoms with van der Waals surface area (Å²) in [6, 6.07) is 7.24. The van der Waals surface area contributed by atoms with Crippen LogP contribution >= 0.6 is 11.6 Å². The van der Waals surface area contributed by atoms with Crippen LogP contribution in [0, 0.1) is 5.92 Å². The highest BCUT2D eigenvalue weighted by atomic mass is 35.5. The first-order valence-electron chi connectivity index (χ1n) is 7.60. The Morgan fingerprint density at radius 3 is 2.41 bits per heavy atom. The van der Waals surface area contributed by atoms with Gasteiger partial charge in [0.25, 0.3) is 0 Å². The van der Waals surface area contributed by atoms with Crippen molar-refractivity contribution in [3.8, 4) is 0 Å². The molecule has 0 unspecified atom stereocenters. The van der Waals surface area contributed by atoms with Crippen LogP contribution in [0.15, 0.2) is 24.3 Å². The van der Waals surface area contributed by atoms with Gasteiger partial charge in [-0.15, -0.1) is 0 Å². The molecular weight excluding hydrogens is 302 g/mol. The van der Waals surface area contributed by atoms with Gasteiger partial charge in [-0.3, -0.25) is 9.59 Å². The van der Waals surface area contributed by atoms with E-state index in [4.69, 9.17) is 16.3 Å². The predicted octanol–water partition coefficient (Wildman–Crippen LogP) is 3.32. The summed E-state index contributed by atoms with van der Waals surface area (Å²) >= 11 is 5.85. The summed E-state index contributed by atoms with van der Waals surface area (Å²) in [4.78, 5) is 25.7. The lowest BCUT2D eigenvalue weighted by molar-refractivity contribution is -0.144. The van der Waals surface area contributed by atoms with Crippen molar-refractivity contribution in [1.82, 2.24) is 4.90 Å². The van der Waals surface area contributed by atoms with E-state index in [0.717, 1.165) is 5.56 Å². The molecule has 1 amide bonds. The summed E-state index contributed by atoms with van der Waals surface area (Å²) in [6.45, 7) is 7.26. The zero-order valence-corrected chi connectivity index (χ0v) is 14.2. The Labute approximate surface area is 137 Å². The minimum atomic E-state index is -0.268. The van der Waals surface area contributed by atoms with Crippen LogP contribution in [0.1, 0.15) is 32.8 Å². The zero-order chi connectivity index (χ0) is 16.5. The lowest BCUT2D eigenvalue weighted by atomic mass is 10.1. The normalized spacial score (nSPS) is 10.6. The van der Waals surface area contributed by atoms with Crippen molar-refractivity contribution in [2.75, 3.05) is 19.7 Å². The molecular formula is C17H24ClNO3. The summed E-state index contributed by atoms with van der Waals surface area (Å²) in [5.41, 5.74) is 0.916. The standard InChI is InChI=1S/C17H24ClNO3/c1-4-22-17(21)9-10-19(12-13(2)3)16(20)11-14-5-7-15(18)8-6-14/h5-8,13H,4,9-12H2,1-3H3. The number of carbonyl (C=O) groups excluding carboxylic acids is 2. The van der Waals surface area contributed by atoms with Gasteiger partial charge in [0.15, 0.2) is 0 Å². The molecule has 1 aromatic carbocycles. The number of ether oxygens (including phenoxy) is 1. The summed E-state index contributed by atoms with van der Waals surface area (Å²) in [6.07, 6.45) is 0.541. The van der Waals surface area contributed by atoms with Gasteiger partial charge < -0.3 is 9.64 Å². The first-order valence-corrected chi connectivity index (χ1v) is 7.98. The number of carbonyl (C=O) groups is 2. The van der Waals surface area contributed by atoms with E-state index < -0.39 is 0 Å². The van der Waals surface area contributed by atoms with Crippen molar-refractivity contribution in [3.63, 3.8) is 0 Å². The van der Waals surface area contributed by atoms with E-state index in [1.54, 1.807) is 24.0 Å². The highest BCUT2D eigenvalue weighted by Crippen LogP contribution is 2.12. The highest BCUT2D eigenvalue weighted by molar-refractivity contribution is 6.30. The third-order valence-electron chi connectivity index (χ3n) is 3.10. The largest absolute Gasteiger partial charge is 0.466 e. The Morgan fingerprint density at radius 1 is 1.23 bits per heavy atom. The van der Waals surface area contributed by atoms with E-state index in [9.17, 15) is 9.59 Å². The van der Waals surface area contributed by atoms with Crippen molar-refractivity contribution in [2.45, 2.75) is 33.6 Å². The first-order chi connectivity index (χ1) is 10.4. The number of hydrogen-bond donors (Lipinski definition) is 0. The van der Waals surface area contributed by atoms with Gasteiger partial charge in [-0.1, -0.05) is 37.6 Å². The molecule has 0 spiro atoms. The van der Waals surface area contributed by atoms with E-state index in [2.05, 4.69) is 0 Å². The van der Waals surface area contributed by atoms with E-state index in [1.807, 2.05) is 26.0 Å². The van der Waals surface area contributed by atoms with Gasteiger partial charge in [0, 0.05) is 18.1 Å². The second kappa shape index (κ2) is 9.46. The molecule has 22 heavy (non-hydrogen) atoms. The molecule has 0 aliphatic carbocycles. The van der Waals surface area contributed by atoms with Gasteiger partial charge in [-0.25, -0.2) is 0 Å². The molecule has 0 aliphatic heterocycles. The van der Waals surface area contributed by atoms with Crippen molar-refractivity contribution >= 4 is 23.5 Å². The van der Waals surface area contributed by atoms with Gasteiger partial charge in [0.1, 0.15) is 0 Å². The van der Waals surface area contributed by atoms with Crippen LogP contribution in [0.2, 0.25) is 5.02 Å². The number of amides is 1. The van der Waals surface area contributed by atoms with Gasteiger partial charge >= 0.3 is 5.97 Å². The highest BCUT2D eigenvalue weighted by Gasteiger charge is 2.17. The molecule has 0 atom stereocenters. The molecule has 0 aliphatic rings. The van der Waals surface area contributed by atoms with Crippen LogP contribution < -0.4 is 0 Å². The Morgan fingerprint density at radius 2 is 1.86 bits per heavy atom. The van der Waals surface area contributed by atoms with Crippen LogP contribution in [0.5, 0.6) is 0 Å². The average Bonchev–Trinajstić information content (AvgIpc) is 2.45. The molecule has 0 heterocycles. The molecule has 5 heteroatoms. The van der Waals surface area contributed by atoms with Crippen LogP contribution in [0.25, 0.3) is 0 Å². The van der Waals surface area contributed by atoms with Gasteiger partial charge in [-0.2, -0.15) is 0 Å². The molecule has 4 nitrogen and oxygen atoms in total. The maximum Gasteiger partial charge on any atom is 0.307 e. The van der Waals surface area contributed by atoms with Crippen LogP contribution in [0.4, 0.5) is 0 Å². The molecule has 0 radical (unpaired) electrons. The molecule has 0 N–H and O–H groups in total. The topological polar surface area (TPSA) is 46.6 Å². The number of nitrogens with zero attached hydrogens (tertiary/aromatic N) is 1. The van der Waals surface area contributed by atoms with Crippen LogP contribution in [-0.2, 0) is 20.7 Å². The molecule has 122 valence electrons. The van der Waals surface area contributed by atoms with E-state index in [-0.39, 0.29) is 18.3 Å². The van der Waals surface area contributed by atoms with Gasteiger partial charge in [0.2, 0.25) is 5.91 Å². The summed E-state index contributed by atoms with van der Waals surface area (Å²) in [7, 11) is 0. The lowest BCUT2D eigenvalue weighted by Crippen LogP contribution is -2.37. The van der Waals surface area contributed by atoms with Crippen molar-refractivity contribution in [1.29, 1.82) is 0 Å². The van der Waals surface area contributed by atoms with E-state index in [1.165, 1.54) is 0 Å². The average molecular weight is 326 g/mol. The van der Waals surface area contributed by atoms with Crippen molar-refractivity contribution in [3.05, 3.63) is 34.9 Å². The number of benzene rings is 1. The maximum atomic E-state index is 12.4. The van der Waals surface area contributed by atoms with Gasteiger partial charge in [-0.05, 0) is 30.5 Å². The molecule has 0 saturated carbocycles. The second-order valence-corrected chi connectivity index (χ2v) is 6.03. The molecule has 0 fully saturated rings. The maximum absolute atomic E-state index is 12.4. The van der Waals surface area contributed by atoms with Crippen molar-refractivity contribution in [2.24, 2.45) is 5.92 Å². The third-order valence-corrected chi connectivity index (χ3v) is 3.35. The zero-order valence-electron chi connectivity index (χ0n) is 13.5. The minimum absolute atomic E-state index is 0.0142. The van der Waals surface area contributed by atoms with Crippen molar-refractivity contribution < 1.29 is 14.3 Å². The monoisotopic (exact) mass is 325 g/mol. The molecule has 0 saturated heterocycles. The van der Waals surface area contributed by atoms with Crippen LogP contribution in [0.3, 0.4) is 0 Å². The molecule has 1 aromatic rings. The number of halogens is 1. The Bertz CT molecular complexity index is 485. The second-order valence-electron chi connectivity index (χ2n) is 5.59. The summed E-state index contributed by atoms with van der Waals surface area (Å²) < 4.78 is 4.92. The Hall–Kier alpha value is -1.55. The van der Waals surface area contributed by atoms with Crippen LogP contribution in [-0.4, -0.2) is 36.5 Å². The lowest BCUT2D eigenvalue weighted by Gasteiger charge is -2.24. The SMILES string of the molecule is CCOC(=O)CCN(CC(C)C)C(=O)Cc1ccc(Cl)cc1. The van der Waals surface area contributed by atoms with E-state index in [0.29, 0.717) is 37.1 Å². The molecule has 1 rings (SSSR count).